The minimum absolute atomic E-state index is 0. The second-order valence-corrected chi connectivity index (χ2v) is 3.43. The minimum Gasteiger partial charge on any atom is -0.759 e. The van der Waals surface area contributed by atoms with Crippen LogP contribution in [-0.4, -0.2) is 76.6 Å². The van der Waals surface area contributed by atoms with E-state index in [0.717, 1.165) is 0 Å². The van der Waals surface area contributed by atoms with Crippen molar-refractivity contribution in [2.75, 3.05) is 26.4 Å². The van der Waals surface area contributed by atoms with Crippen LogP contribution in [0.1, 0.15) is 0 Å². The number of hydrogen-bond acceptors (Lipinski definition) is 9. The largest absolute Gasteiger partial charge is 1.00 e. The Labute approximate surface area is 149 Å². The van der Waals surface area contributed by atoms with Gasteiger partial charge in [0.25, 0.3) is 0 Å². The molecule has 0 radical (unpaired) electrons. The molecule has 0 rings (SSSR count). The number of aliphatic hydroxyl groups is 4. The number of aliphatic hydroxyl groups excluding tert-OH is 4. The van der Waals surface area contributed by atoms with E-state index in [1.807, 2.05) is 0 Å². The van der Waals surface area contributed by atoms with Crippen LogP contribution in [0.15, 0.2) is 0 Å². The molecule has 0 aliphatic heterocycles. The smallest absolute Gasteiger partial charge is 0.759 e. The van der Waals surface area contributed by atoms with Gasteiger partial charge in [-0.3, -0.25) is 8.42 Å². The fourth-order valence-corrected chi connectivity index (χ4v) is 0.446. The molecule has 100 valence electrons. The maximum absolute atomic E-state index is 8.72. The van der Waals surface area contributed by atoms with Crippen molar-refractivity contribution in [1.82, 2.24) is 0 Å². The van der Waals surface area contributed by atoms with Crippen LogP contribution < -0.4 is 59.1 Å². The first-order chi connectivity index (χ1) is 7.20. The Bertz CT molecular complexity index is 229. The van der Waals surface area contributed by atoms with Crippen LogP contribution in [0.3, 0.4) is 0 Å². The van der Waals surface area contributed by atoms with Gasteiger partial charge in [0.15, 0.2) is 0 Å². The molecule has 0 fully saturated rings. The SMILES string of the molecule is O=S(=O)([O-])[O-].OCC(O)COCC(O)CO.[Na+].[Na+]. The first-order valence-electron chi connectivity index (χ1n) is 4.03. The van der Waals surface area contributed by atoms with Gasteiger partial charge in [-0.05, 0) is 0 Å². The summed E-state index contributed by atoms with van der Waals surface area (Å²) in [4.78, 5) is 0. The van der Waals surface area contributed by atoms with E-state index >= 15 is 0 Å². The van der Waals surface area contributed by atoms with Crippen molar-refractivity contribution in [2.45, 2.75) is 12.2 Å². The van der Waals surface area contributed by atoms with E-state index in [9.17, 15) is 0 Å². The van der Waals surface area contributed by atoms with Crippen molar-refractivity contribution in [1.29, 1.82) is 0 Å². The van der Waals surface area contributed by atoms with E-state index in [0.29, 0.717) is 0 Å². The third kappa shape index (κ3) is 36.1. The van der Waals surface area contributed by atoms with Crippen LogP contribution in [0, 0.1) is 0 Å². The molecule has 0 aliphatic rings. The van der Waals surface area contributed by atoms with Crippen molar-refractivity contribution in [3.05, 3.63) is 0 Å². The summed E-state index contributed by atoms with van der Waals surface area (Å²) < 4.78 is 38.8. The molecule has 0 aromatic carbocycles. The summed E-state index contributed by atoms with van der Waals surface area (Å²) in [6.07, 6.45) is -1.83. The van der Waals surface area contributed by atoms with E-state index < -0.39 is 22.6 Å². The van der Waals surface area contributed by atoms with Gasteiger partial charge in [-0.25, -0.2) is 0 Å². The summed E-state index contributed by atoms with van der Waals surface area (Å²) >= 11 is 0. The normalized spacial score (nSPS) is 13.2. The topological polar surface area (TPSA) is 170 Å². The molecular weight excluding hydrogens is 294 g/mol. The van der Waals surface area contributed by atoms with Gasteiger partial charge in [0.05, 0.1) is 26.4 Å². The second kappa shape index (κ2) is 16.7. The average Bonchev–Trinajstić information content (AvgIpc) is 2.14. The fourth-order valence-electron chi connectivity index (χ4n) is 0.446. The Balaban J connectivity index is -0.000000122. The van der Waals surface area contributed by atoms with Gasteiger partial charge in [0.2, 0.25) is 0 Å². The Morgan fingerprint density at radius 1 is 0.944 bits per heavy atom. The summed E-state index contributed by atoms with van der Waals surface area (Å²) in [5, 5.41) is 34.1. The zero-order valence-electron chi connectivity index (χ0n) is 10.2. The van der Waals surface area contributed by atoms with Crippen molar-refractivity contribution < 1.29 is 102 Å². The number of rotatable bonds is 6. The number of ether oxygens (including phenoxy) is 1. The van der Waals surface area contributed by atoms with E-state index in [4.69, 9.17) is 42.7 Å². The van der Waals surface area contributed by atoms with Crippen LogP contribution >= 0.6 is 0 Å². The zero-order valence-corrected chi connectivity index (χ0v) is 15.0. The molecule has 0 heterocycles. The van der Waals surface area contributed by atoms with Crippen LogP contribution in [0.2, 0.25) is 0 Å². The van der Waals surface area contributed by atoms with Gasteiger partial charge in [-0.1, -0.05) is 0 Å². The Morgan fingerprint density at radius 2 is 1.17 bits per heavy atom. The molecule has 0 saturated carbocycles. The van der Waals surface area contributed by atoms with Gasteiger partial charge in [0.1, 0.15) is 12.2 Å². The maximum atomic E-state index is 8.72. The van der Waals surface area contributed by atoms with Gasteiger partial charge in [-0.2, -0.15) is 0 Å². The maximum Gasteiger partial charge on any atom is 1.00 e. The molecule has 0 aromatic rings. The molecule has 0 aliphatic carbocycles. The summed E-state index contributed by atoms with van der Waals surface area (Å²) in [6.45, 7) is -0.800. The van der Waals surface area contributed by atoms with Crippen LogP contribution in [0.25, 0.3) is 0 Å². The van der Waals surface area contributed by atoms with E-state index in [1.54, 1.807) is 0 Å². The van der Waals surface area contributed by atoms with E-state index in [-0.39, 0.29) is 85.5 Å². The molecule has 2 atom stereocenters. The molecule has 0 aromatic heterocycles. The monoisotopic (exact) mass is 308 g/mol. The zero-order chi connectivity index (χ0) is 13.2. The Kier molecular flexibility index (Phi) is 25.9. The van der Waals surface area contributed by atoms with Crippen LogP contribution in [0.4, 0.5) is 0 Å². The van der Waals surface area contributed by atoms with Gasteiger partial charge in [0, 0.05) is 10.4 Å². The molecule has 4 N–H and O–H groups in total. The predicted molar refractivity (Wildman–Crippen MR) is 47.5 cm³/mol. The van der Waals surface area contributed by atoms with Crippen LogP contribution in [-0.2, 0) is 15.1 Å². The molecule has 0 amide bonds. The molecule has 9 nitrogen and oxygen atoms in total. The minimum atomic E-state index is -5.17. The molecule has 0 bridgehead atoms. The van der Waals surface area contributed by atoms with Crippen molar-refractivity contribution >= 4 is 10.4 Å². The fraction of sp³-hybridized carbons (Fsp3) is 1.00. The van der Waals surface area contributed by atoms with E-state index in [2.05, 4.69) is 0 Å². The molecular formula is C6H14Na2O9S. The first kappa shape index (κ1) is 27.9. The van der Waals surface area contributed by atoms with Crippen molar-refractivity contribution in [3.8, 4) is 0 Å². The van der Waals surface area contributed by atoms with Crippen molar-refractivity contribution in [2.24, 2.45) is 0 Å². The van der Waals surface area contributed by atoms with Gasteiger partial charge in [-0.15, -0.1) is 0 Å². The van der Waals surface area contributed by atoms with Crippen molar-refractivity contribution in [3.63, 3.8) is 0 Å². The summed E-state index contributed by atoms with van der Waals surface area (Å²) in [5.41, 5.74) is 0. The Morgan fingerprint density at radius 3 is 1.33 bits per heavy atom. The van der Waals surface area contributed by atoms with Gasteiger partial charge >= 0.3 is 59.1 Å². The number of hydrogen-bond donors (Lipinski definition) is 4. The summed E-state index contributed by atoms with van der Waals surface area (Å²) in [5.74, 6) is 0. The third-order valence-corrected chi connectivity index (χ3v) is 1.04. The molecule has 0 saturated heterocycles. The standard InChI is InChI=1S/C6H14O5.2Na.H2O4S/c7-1-5(9)3-11-4-6(10)2-8;;;1-5(2,3)4/h5-10H,1-4H2;;;(H2,1,2,3,4)/q;2*+1;/p-2. The third-order valence-electron chi connectivity index (χ3n) is 1.04. The van der Waals surface area contributed by atoms with Crippen LogP contribution in [0.5, 0.6) is 0 Å². The van der Waals surface area contributed by atoms with E-state index in [1.165, 1.54) is 0 Å². The summed E-state index contributed by atoms with van der Waals surface area (Å²) in [7, 11) is -5.17. The quantitative estimate of drug-likeness (QED) is 0.211. The second-order valence-electron chi connectivity index (χ2n) is 2.62. The average molecular weight is 308 g/mol. The first-order valence-corrected chi connectivity index (χ1v) is 5.36. The molecule has 12 heteroatoms. The molecule has 0 spiro atoms. The molecule has 18 heavy (non-hydrogen) atoms. The predicted octanol–water partition coefficient (Wildman–Crippen LogP) is -9.62. The molecule has 2 unspecified atom stereocenters. The van der Waals surface area contributed by atoms with Gasteiger partial charge < -0.3 is 34.3 Å². The summed E-state index contributed by atoms with van der Waals surface area (Å²) in [6, 6.07) is 0. The Hall–Kier alpha value is 1.67.